The number of hydrogen-bond donors (Lipinski definition) is 4. The number of aliphatic hydroxyl groups is 1. The predicted molar refractivity (Wildman–Crippen MR) is 138 cm³/mol. The molecule has 2 aromatic rings. The summed E-state index contributed by atoms with van der Waals surface area (Å²) in [5, 5.41) is 20.7. The van der Waals surface area contributed by atoms with Gasteiger partial charge in [0.25, 0.3) is 5.91 Å². The molecule has 4 unspecified atom stereocenters. The van der Waals surface area contributed by atoms with Crippen LogP contribution in [0.5, 0.6) is 0 Å². The summed E-state index contributed by atoms with van der Waals surface area (Å²) < 4.78 is 15.3. The molecular weight excluding hydrogens is 508 g/mol. The SMILES string of the molecule is COCC(NC(=O)c1cc(CO)on1)C(=O)NC(Cc1ccccc1)C(=O)NC(CC(C)C)C(=O)C1(C)CO1. The maximum Gasteiger partial charge on any atom is 0.274 e. The number of carbonyl (C=O) groups excluding carboxylic acids is 4. The zero-order chi connectivity index (χ0) is 28.6. The molecule has 4 atom stereocenters. The third kappa shape index (κ3) is 8.44. The predicted octanol–water partition coefficient (Wildman–Crippen LogP) is 0.528. The Morgan fingerprint density at radius 1 is 1.05 bits per heavy atom. The summed E-state index contributed by atoms with van der Waals surface area (Å²) in [6.45, 7) is 5.25. The van der Waals surface area contributed by atoms with Crippen LogP contribution >= 0.6 is 0 Å². The molecule has 0 spiro atoms. The number of ketones is 1. The summed E-state index contributed by atoms with van der Waals surface area (Å²) in [6, 6.07) is 7.33. The van der Waals surface area contributed by atoms with Crippen molar-refractivity contribution < 1.29 is 38.3 Å². The molecule has 212 valence electrons. The molecule has 12 heteroatoms. The number of Topliss-reactive ketones (excluding diaryl/α,β-unsaturated/α-hetero) is 1. The lowest BCUT2D eigenvalue weighted by Gasteiger charge is -2.26. The van der Waals surface area contributed by atoms with Crippen molar-refractivity contribution in [3.8, 4) is 0 Å². The first-order valence-corrected chi connectivity index (χ1v) is 12.8. The van der Waals surface area contributed by atoms with Gasteiger partial charge in [0.1, 0.15) is 24.3 Å². The smallest absolute Gasteiger partial charge is 0.274 e. The second kappa shape index (κ2) is 13.5. The number of epoxide rings is 1. The Bertz CT molecular complexity index is 1150. The van der Waals surface area contributed by atoms with E-state index < -0.39 is 48.1 Å². The molecule has 3 amide bonds. The molecule has 1 aromatic carbocycles. The highest BCUT2D eigenvalue weighted by atomic mass is 16.6. The number of carbonyl (C=O) groups is 4. The number of methoxy groups -OCH3 is 1. The maximum atomic E-state index is 13.5. The molecule has 1 saturated heterocycles. The fourth-order valence-corrected chi connectivity index (χ4v) is 4.00. The fourth-order valence-electron chi connectivity index (χ4n) is 4.00. The Morgan fingerprint density at radius 3 is 2.26 bits per heavy atom. The highest BCUT2D eigenvalue weighted by molar-refractivity contribution is 5.99. The molecule has 39 heavy (non-hydrogen) atoms. The highest BCUT2D eigenvalue weighted by Crippen LogP contribution is 2.29. The summed E-state index contributed by atoms with van der Waals surface area (Å²) in [4.78, 5) is 52.5. The van der Waals surface area contributed by atoms with Crippen molar-refractivity contribution in [2.75, 3.05) is 20.3 Å². The minimum atomic E-state index is -1.17. The first-order chi connectivity index (χ1) is 18.6. The Morgan fingerprint density at radius 2 is 1.69 bits per heavy atom. The number of rotatable bonds is 15. The van der Waals surface area contributed by atoms with Crippen molar-refractivity contribution in [1.29, 1.82) is 0 Å². The van der Waals surface area contributed by atoms with Gasteiger partial charge in [0.2, 0.25) is 11.8 Å². The van der Waals surface area contributed by atoms with Gasteiger partial charge in [-0.05, 0) is 24.8 Å². The van der Waals surface area contributed by atoms with Crippen LogP contribution < -0.4 is 16.0 Å². The number of nitrogens with zero attached hydrogens (tertiary/aromatic N) is 1. The summed E-state index contributed by atoms with van der Waals surface area (Å²) in [6.07, 6.45) is 0.553. The van der Waals surface area contributed by atoms with Gasteiger partial charge in [-0.25, -0.2) is 0 Å². The van der Waals surface area contributed by atoms with Crippen molar-refractivity contribution in [2.45, 2.75) is 63.9 Å². The summed E-state index contributed by atoms with van der Waals surface area (Å²) in [5.41, 5.74) is -0.262. The van der Waals surface area contributed by atoms with Gasteiger partial charge in [0.15, 0.2) is 17.2 Å². The second-order valence-electron chi connectivity index (χ2n) is 10.1. The van der Waals surface area contributed by atoms with Crippen molar-refractivity contribution >= 4 is 23.5 Å². The van der Waals surface area contributed by atoms with Crippen molar-refractivity contribution in [3.05, 3.63) is 53.4 Å². The van der Waals surface area contributed by atoms with Gasteiger partial charge in [-0.3, -0.25) is 19.2 Å². The van der Waals surface area contributed by atoms with Gasteiger partial charge in [-0.2, -0.15) is 0 Å². The standard InChI is InChI=1S/C27H36N4O8/c1-16(2)10-19(23(33)27(3)15-38-27)28-24(34)20(11-17-8-6-5-7-9-17)29-26(36)22(14-37-4)30-25(35)21-12-18(13-32)39-31-21/h5-9,12,16,19-20,22,32H,10-11,13-15H2,1-4H3,(H,28,34)(H,29,36)(H,30,35). The molecule has 2 heterocycles. The van der Waals surface area contributed by atoms with Crippen LogP contribution in [0.1, 0.15) is 49.0 Å². The third-order valence-corrected chi connectivity index (χ3v) is 6.26. The summed E-state index contributed by atoms with van der Waals surface area (Å²) in [7, 11) is 1.36. The number of ether oxygens (including phenoxy) is 2. The van der Waals surface area contributed by atoms with Crippen molar-refractivity contribution in [1.82, 2.24) is 21.1 Å². The van der Waals surface area contributed by atoms with Crippen molar-refractivity contribution in [2.24, 2.45) is 5.92 Å². The van der Waals surface area contributed by atoms with E-state index in [-0.39, 0.29) is 36.2 Å². The molecule has 12 nitrogen and oxygen atoms in total. The average Bonchev–Trinajstić information content (AvgIpc) is 3.47. The van der Waals surface area contributed by atoms with E-state index >= 15 is 0 Å². The molecule has 1 aliphatic heterocycles. The monoisotopic (exact) mass is 544 g/mol. The molecule has 0 saturated carbocycles. The van der Waals surface area contributed by atoms with Crippen LogP contribution in [-0.4, -0.2) is 77.8 Å². The quantitative estimate of drug-likeness (QED) is 0.233. The van der Waals surface area contributed by atoms with E-state index in [9.17, 15) is 19.2 Å². The molecule has 3 rings (SSSR count). The van der Waals surface area contributed by atoms with E-state index in [0.717, 1.165) is 5.56 Å². The lowest BCUT2D eigenvalue weighted by Crippen LogP contribution is -2.58. The molecular formula is C27H36N4O8. The molecule has 1 aromatic heterocycles. The second-order valence-corrected chi connectivity index (χ2v) is 10.1. The zero-order valence-corrected chi connectivity index (χ0v) is 22.6. The number of aromatic nitrogens is 1. The molecule has 0 radical (unpaired) electrons. The van der Waals surface area contributed by atoms with Crippen LogP contribution in [0.15, 0.2) is 40.9 Å². The van der Waals surface area contributed by atoms with Crippen LogP contribution in [0.25, 0.3) is 0 Å². The van der Waals surface area contributed by atoms with Gasteiger partial charge < -0.3 is 35.1 Å². The number of aliphatic hydroxyl groups excluding tert-OH is 1. The minimum Gasteiger partial charge on any atom is -0.388 e. The largest absolute Gasteiger partial charge is 0.388 e. The van der Waals surface area contributed by atoms with E-state index in [1.807, 2.05) is 44.2 Å². The molecule has 0 bridgehead atoms. The van der Waals surface area contributed by atoms with E-state index in [1.165, 1.54) is 13.2 Å². The highest BCUT2D eigenvalue weighted by Gasteiger charge is 2.50. The lowest BCUT2D eigenvalue weighted by atomic mass is 9.93. The van der Waals surface area contributed by atoms with Gasteiger partial charge in [-0.1, -0.05) is 49.3 Å². The lowest BCUT2D eigenvalue weighted by molar-refractivity contribution is -0.133. The minimum absolute atomic E-state index is 0.0865. The van der Waals surface area contributed by atoms with Gasteiger partial charge in [-0.15, -0.1) is 0 Å². The number of hydrogen-bond acceptors (Lipinski definition) is 9. The van der Waals surface area contributed by atoms with Crippen LogP contribution in [0, 0.1) is 5.92 Å². The Hall–Kier alpha value is -3.61. The topological polar surface area (TPSA) is 172 Å². The van der Waals surface area contributed by atoms with E-state index in [0.29, 0.717) is 13.0 Å². The van der Waals surface area contributed by atoms with Crippen LogP contribution in [0.4, 0.5) is 0 Å². The van der Waals surface area contributed by atoms with Gasteiger partial charge >= 0.3 is 0 Å². The average molecular weight is 545 g/mol. The summed E-state index contributed by atoms with van der Waals surface area (Å²) in [5.74, 6) is -1.94. The first-order valence-electron chi connectivity index (χ1n) is 12.8. The number of benzene rings is 1. The van der Waals surface area contributed by atoms with Crippen LogP contribution in [-0.2, 0) is 36.9 Å². The van der Waals surface area contributed by atoms with E-state index in [4.69, 9.17) is 19.1 Å². The number of amides is 3. The third-order valence-electron chi connectivity index (χ3n) is 6.26. The molecule has 0 aliphatic carbocycles. The van der Waals surface area contributed by atoms with Gasteiger partial charge in [0.05, 0.1) is 19.3 Å². The van der Waals surface area contributed by atoms with Crippen molar-refractivity contribution in [3.63, 3.8) is 0 Å². The van der Waals surface area contributed by atoms with Gasteiger partial charge in [0, 0.05) is 19.6 Å². The summed E-state index contributed by atoms with van der Waals surface area (Å²) >= 11 is 0. The fraction of sp³-hybridized carbons (Fsp3) is 0.519. The van der Waals surface area contributed by atoms with Crippen LogP contribution in [0.2, 0.25) is 0 Å². The normalized spacial score (nSPS) is 18.6. The molecule has 1 aliphatic rings. The van der Waals surface area contributed by atoms with Crippen LogP contribution in [0.3, 0.4) is 0 Å². The molecule has 4 N–H and O–H groups in total. The Balaban J connectivity index is 1.77. The maximum absolute atomic E-state index is 13.5. The molecule has 1 fully saturated rings. The zero-order valence-electron chi connectivity index (χ0n) is 22.6. The number of nitrogens with one attached hydrogen (secondary N) is 3. The van der Waals surface area contributed by atoms with E-state index in [1.54, 1.807) is 6.92 Å². The first kappa shape index (κ1) is 29.9. The Labute approximate surface area is 226 Å². The Kier molecular flexibility index (Phi) is 10.3. The van der Waals surface area contributed by atoms with E-state index in [2.05, 4.69) is 21.1 Å².